The predicted molar refractivity (Wildman–Crippen MR) is 103 cm³/mol. The van der Waals surface area contributed by atoms with Crippen molar-refractivity contribution in [3.63, 3.8) is 0 Å². The van der Waals surface area contributed by atoms with Gasteiger partial charge < -0.3 is 14.5 Å². The molecule has 0 atom stereocenters. The minimum atomic E-state index is -0.220. The van der Waals surface area contributed by atoms with Crippen LogP contribution < -0.4 is 10.1 Å². The average Bonchev–Trinajstić information content (AvgIpc) is 3.39. The lowest BCUT2D eigenvalue weighted by Gasteiger charge is -2.15. The number of rotatable bonds is 6. The second-order valence-electron chi connectivity index (χ2n) is 6.85. The molecule has 1 fully saturated rings. The van der Waals surface area contributed by atoms with E-state index in [0.717, 1.165) is 18.4 Å². The number of nitrogens with one attached hydrogen (secondary N) is 1. The summed E-state index contributed by atoms with van der Waals surface area (Å²) < 4.78 is 11.5. The molecule has 2 aromatic heterocycles. The summed E-state index contributed by atoms with van der Waals surface area (Å²) in [5.41, 5.74) is 1.94. The molecule has 4 rings (SSSR count). The highest BCUT2D eigenvalue weighted by molar-refractivity contribution is 5.99. The summed E-state index contributed by atoms with van der Waals surface area (Å²) in [6.45, 7) is 2.04. The van der Waals surface area contributed by atoms with Gasteiger partial charge in [0.15, 0.2) is 0 Å². The number of ether oxygens (including phenoxy) is 1. The Labute approximate surface area is 163 Å². The fourth-order valence-corrected chi connectivity index (χ4v) is 3.37. The number of aryl methyl sites for hydroxylation is 1. The molecule has 0 radical (unpaired) electrons. The normalized spacial score (nSPS) is 14.2. The van der Waals surface area contributed by atoms with Gasteiger partial charge >= 0.3 is 0 Å². The maximum atomic E-state index is 12.8. The van der Waals surface area contributed by atoms with Crippen molar-refractivity contribution < 1.29 is 13.9 Å². The first kappa shape index (κ1) is 18.2. The molecule has 1 aliphatic rings. The molecule has 28 heavy (non-hydrogen) atoms. The molecule has 144 valence electrons. The third-order valence-electron chi connectivity index (χ3n) is 4.80. The van der Waals surface area contributed by atoms with Crippen molar-refractivity contribution in [3.8, 4) is 17.3 Å². The number of carbonyl (C=O) groups is 1. The van der Waals surface area contributed by atoms with Crippen molar-refractivity contribution >= 4 is 5.91 Å². The maximum absolute atomic E-state index is 12.8. The molecule has 7 heteroatoms. The van der Waals surface area contributed by atoms with Crippen molar-refractivity contribution in [2.75, 3.05) is 0 Å². The highest BCUT2D eigenvalue weighted by atomic mass is 16.5. The van der Waals surface area contributed by atoms with Crippen molar-refractivity contribution in [1.29, 1.82) is 0 Å². The van der Waals surface area contributed by atoms with Crippen molar-refractivity contribution in [1.82, 2.24) is 20.5 Å². The van der Waals surface area contributed by atoms with E-state index in [9.17, 15) is 4.79 Å². The van der Waals surface area contributed by atoms with Crippen LogP contribution in [-0.2, 0) is 6.54 Å². The molecule has 1 saturated carbocycles. The fraction of sp³-hybridized carbons (Fsp3) is 0.333. The number of carbonyl (C=O) groups excluding carboxylic acids is 1. The molecule has 2 heterocycles. The van der Waals surface area contributed by atoms with Crippen LogP contribution in [0.5, 0.6) is 5.88 Å². The Bertz CT molecular complexity index is 964. The van der Waals surface area contributed by atoms with Crippen LogP contribution in [0.3, 0.4) is 0 Å². The lowest BCUT2D eigenvalue weighted by molar-refractivity contribution is 0.0950. The first-order valence-electron chi connectivity index (χ1n) is 9.49. The quantitative estimate of drug-likeness (QED) is 0.703. The Kier molecular flexibility index (Phi) is 5.32. The molecular formula is C21H22N4O3. The van der Waals surface area contributed by atoms with Gasteiger partial charge in [-0.25, -0.2) is 4.98 Å². The Morgan fingerprint density at radius 1 is 1.18 bits per heavy atom. The average molecular weight is 378 g/mol. The van der Waals surface area contributed by atoms with Gasteiger partial charge in [0.05, 0.1) is 11.1 Å². The molecule has 0 unspecified atom stereocenters. The van der Waals surface area contributed by atoms with E-state index in [-0.39, 0.29) is 12.0 Å². The minimum absolute atomic E-state index is 0.214. The molecule has 3 aromatic rings. The van der Waals surface area contributed by atoms with Crippen LogP contribution in [0.1, 0.15) is 47.5 Å². The zero-order valence-corrected chi connectivity index (χ0v) is 15.7. The Morgan fingerprint density at radius 3 is 2.79 bits per heavy atom. The number of benzene rings is 1. The van der Waals surface area contributed by atoms with Crippen molar-refractivity contribution in [2.24, 2.45) is 0 Å². The van der Waals surface area contributed by atoms with E-state index in [0.29, 0.717) is 35.3 Å². The number of hydrogen-bond donors (Lipinski definition) is 1. The largest absolute Gasteiger partial charge is 0.474 e. The first-order valence-corrected chi connectivity index (χ1v) is 9.49. The van der Waals surface area contributed by atoms with Gasteiger partial charge in [0.2, 0.25) is 17.7 Å². The van der Waals surface area contributed by atoms with E-state index in [1.807, 2.05) is 18.2 Å². The second-order valence-corrected chi connectivity index (χ2v) is 6.85. The van der Waals surface area contributed by atoms with E-state index >= 15 is 0 Å². The summed E-state index contributed by atoms with van der Waals surface area (Å²) in [5, 5.41) is 10.8. The summed E-state index contributed by atoms with van der Waals surface area (Å²) in [6.07, 6.45) is 6.41. The summed E-state index contributed by atoms with van der Waals surface area (Å²) in [7, 11) is 0. The van der Waals surface area contributed by atoms with Gasteiger partial charge in [-0.3, -0.25) is 4.79 Å². The summed E-state index contributed by atoms with van der Waals surface area (Å²) in [5.74, 6) is 1.15. The highest BCUT2D eigenvalue weighted by Gasteiger charge is 2.20. The maximum Gasteiger partial charge on any atom is 0.252 e. The molecule has 1 N–H and O–H groups in total. The Balaban J connectivity index is 1.48. The molecular weight excluding hydrogens is 356 g/mol. The zero-order chi connectivity index (χ0) is 19.3. The van der Waals surface area contributed by atoms with Crippen molar-refractivity contribution in [3.05, 3.63) is 59.6 Å². The van der Waals surface area contributed by atoms with E-state index in [1.165, 1.54) is 12.8 Å². The first-order chi connectivity index (χ1) is 13.7. The predicted octanol–water partition coefficient (Wildman–Crippen LogP) is 3.69. The smallest absolute Gasteiger partial charge is 0.252 e. The Hall–Kier alpha value is -3.22. The van der Waals surface area contributed by atoms with E-state index < -0.39 is 0 Å². The van der Waals surface area contributed by atoms with Crippen LogP contribution in [0.25, 0.3) is 11.5 Å². The SMILES string of the molecule is Cc1nnc(-c2ccccc2C(=O)NCc2cccnc2OC2CCCC2)o1. The lowest BCUT2D eigenvalue weighted by Crippen LogP contribution is -2.24. The lowest BCUT2D eigenvalue weighted by atomic mass is 10.1. The van der Waals surface area contributed by atoms with E-state index in [4.69, 9.17) is 9.15 Å². The van der Waals surface area contributed by atoms with Crippen LogP contribution in [0.15, 0.2) is 47.0 Å². The van der Waals surface area contributed by atoms with Crippen LogP contribution in [0.4, 0.5) is 0 Å². The molecule has 0 spiro atoms. The van der Waals surface area contributed by atoms with E-state index in [2.05, 4.69) is 20.5 Å². The summed E-state index contributed by atoms with van der Waals surface area (Å²) in [6, 6.07) is 10.9. The Morgan fingerprint density at radius 2 is 2.00 bits per heavy atom. The molecule has 1 amide bonds. The van der Waals surface area contributed by atoms with Crippen LogP contribution in [0, 0.1) is 6.92 Å². The van der Waals surface area contributed by atoms with Gasteiger partial charge in [-0.1, -0.05) is 18.2 Å². The van der Waals surface area contributed by atoms with Gasteiger partial charge in [-0.2, -0.15) is 0 Å². The zero-order valence-electron chi connectivity index (χ0n) is 15.7. The number of hydrogen-bond acceptors (Lipinski definition) is 6. The van der Waals surface area contributed by atoms with Crippen molar-refractivity contribution in [2.45, 2.75) is 45.3 Å². The van der Waals surface area contributed by atoms with Gasteiger partial charge in [0.25, 0.3) is 5.91 Å². The van der Waals surface area contributed by atoms with Crippen LogP contribution in [0.2, 0.25) is 0 Å². The molecule has 7 nitrogen and oxygen atoms in total. The highest BCUT2D eigenvalue weighted by Crippen LogP contribution is 2.25. The van der Waals surface area contributed by atoms with Gasteiger partial charge in [0.1, 0.15) is 6.10 Å². The molecule has 0 saturated heterocycles. The number of nitrogens with zero attached hydrogens (tertiary/aromatic N) is 3. The number of amides is 1. The fourth-order valence-electron chi connectivity index (χ4n) is 3.37. The summed E-state index contributed by atoms with van der Waals surface area (Å²) in [4.78, 5) is 17.2. The number of aromatic nitrogens is 3. The minimum Gasteiger partial charge on any atom is -0.474 e. The second kappa shape index (κ2) is 8.21. The molecule has 1 aromatic carbocycles. The van der Waals surface area contributed by atoms with Crippen LogP contribution >= 0.6 is 0 Å². The topological polar surface area (TPSA) is 90.1 Å². The molecule has 0 aliphatic heterocycles. The monoisotopic (exact) mass is 378 g/mol. The van der Waals surface area contributed by atoms with Gasteiger partial charge in [-0.15, -0.1) is 10.2 Å². The summed E-state index contributed by atoms with van der Waals surface area (Å²) >= 11 is 0. The van der Waals surface area contributed by atoms with Crippen LogP contribution in [-0.4, -0.2) is 27.2 Å². The van der Waals surface area contributed by atoms with E-state index in [1.54, 1.807) is 31.3 Å². The standard InChI is InChI=1S/C21H22N4O3/c1-14-24-25-21(27-14)18-11-5-4-10-17(18)19(26)23-13-15-7-6-12-22-20(15)28-16-8-2-3-9-16/h4-7,10-12,16H,2-3,8-9,13H2,1H3,(H,23,26). The third kappa shape index (κ3) is 4.03. The molecule has 0 bridgehead atoms. The van der Waals surface area contributed by atoms with Gasteiger partial charge in [0, 0.05) is 25.2 Å². The third-order valence-corrected chi connectivity index (χ3v) is 4.80. The molecule has 1 aliphatic carbocycles. The van der Waals surface area contributed by atoms with Gasteiger partial charge in [-0.05, 0) is 43.9 Å². The number of pyridine rings is 1.